The first kappa shape index (κ1) is 9.55. The summed E-state index contributed by atoms with van der Waals surface area (Å²) in [4.78, 5) is 1.81. The first-order valence-corrected chi connectivity index (χ1v) is 6.24. The molecule has 78 valence electrons. The summed E-state index contributed by atoms with van der Waals surface area (Å²) >= 11 is 0. The van der Waals surface area contributed by atoms with Crippen molar-refractivity contribution in [2.75, 3.05) is 0 Å². The van der Waals surface area contributed by atoms with Gasteiger partial charge in [0, 0.05) is 0 Å². The molecule has 0 bridgehead atoms. The van der Waals surface area contributed by atoms with E-state index in [0.29, 0.717) is 0 Å². The predicted molar refractivity (Wildman–Crippen MR) is 66.6 cm³/mol. The second-order valence-corrected chi connectivity index (χ2v) is 5.08. The third kappa shape index (κ3) is 1.14. The van der Waals surface area contributed by atoms with Gasteiger partial charge in [-0.25, -0.2) is 4.21 Å². The maximum atomic E-state index is 12.3. The highest BCUT2D eigenvalue weighted by atomic mass is 32.2. The van der Waals surface area contributed by atoms with E-state index in [2.05, 4.69) is 6.58 Å². The van der Waals surface area contributed by atoms with Crippen LogP contribution < -0.4 is 0 Å². The van der Waals surface area contributed by atoms with Crippen molar-refractivity contribution in [2.45, 2.75) is 9.79 Å². The number of benzene rings is 2. The molecular weight excluding hydrogens is 216 g/mol. The van der Waals surface area contributed by atoms with Gasteiger partial charge in [-0.15, -0.1) is 0 Å². The van der Waals surface area contributed by atoms with Crippen LogP contribution in [0.3, 0.4) is 0 Å². The fraction of sp³-hybridized carbons (Fsp3) is 0. The van der Waals surface area contributed by atoms with Gasteiger partial charge in [0.15, 0.2) is 0 Å². The number of rotatable bonds is 1. The van der Waals surface area contributed by atoms with Crippen LogP contribution in [0.25, 0.3) is 17.2 Å². The monoisotopic (exact) mass is 226 g/mol. The van der Waals surface area contributed by atoms with Crippen molar-refractivity contribution >= 4 is 16.9 Å². The second-order valence-electron chi connectivity index (χ2n) is 3.69. The van der Waals surface area contributed by atoms with Gasteiger partial charge < -0.3 is 0 Å². The molecule has 0 aromatic heterocycles. The highest BCUT2D eigenvalue weighted by Gasteiger charge is 2.26. The van der Waals surface area contributed by atoms with Crippen LogP contribution in [-0.4, -0.2) is 4.21 Å². The van der Waals surface area contributed by atoms with Crippen LogP contribution in [-0.2, 0) is 10.8 Å². The van der Waals surface area contributed by atoms with Crippen molar-refractivity contribution < 1.29 is 4.21 Å². The van der Waals surface area contributed by atoms with E-state index in [4.69, 9.17) is 0 Å². The predicted octanol–water partition coefficient (Wildman–Crippen LogP) is 3.48. The molecule has 1 nitrogen and oxygen atoms in total. The SMILES string of the molecule is C=Cc1cccc2c1S(=O)c1ccccc1-2. The summed E-state index contributed by atoms with van der Waals surface area (Å²) in [6.45, 7) is 3.77. The topological polar surface area (TPSA) is 17.1 Å². The molecule has 0 saturated heterocycles. The molecule has 1 atom stereocenters. The molecular formula is C14H10OS. The van der Waals surface area contributed by atoms with Gasteiger partial charge in [-0.05, 0) is 22.8 Å². The van der Waals surface area contributed by atoms with Crippen LogP contribution in [0.15, 0.2) is 58.8 Å². The molecule has 1 aliphatic heterocycles. The smallest absolute Gasteiger partial charge is 0.0868 e. The molecule has 2 heteroatoms. The van der Waals surface area contributed by atoms with Crippen LogP contribution in [0.1, 0.15) is 5.56 Å². The molecule has 16 heavy (non-hydrogen) atoms. The summed E-state index contributed by atoms with van der Waals surface area (Å²) in [6.07, 6.45) is 1.77. The third-order valence-corrected chi connectivity index (χ3v) is 4.41. The summed E-state index contributed by atoms with van der Waals surface area (Å²) in [7, 11) is -1.06. The molecule has 0 spiro atoms. The van der Waals surface area contributed by atoms with E-state index in [-0.39, 0.29) is 0 Å². The Morgan fingerprint density at radius 3 is 2.56 bits per heavy atom. The standard InChI is InChI=1S/C14H10OS/c1-2-10-6-5-8-12-11-7-3-4-9-13(11)16(15)14(10)12/h2-9H,1H2. The van der Waals surface area contributed by atoms with E-state index < -0.39 is 10.8 Å². The molecule has 0 fully saturated rings. The minimum atomic E-state index is -1.06. The molecule has 0 aliphatic carbocycles. The van der Waals surface area contributed by atoms with E-state index in [1.165, 1.54) is 0 Å². The molecule has 0 amide bonds. The zero-order valence-electron chi connectivity index (χ0n) is 8.64. The highest BCUT2D eigenvalue weighted by Crippen LogP contribution is 2.42. The Bertz CT molecular complexity index is 614. The number of hydrogen-bond donors (Lipinski definition) is 0. The van der Waals surface area contributed by atoms with Crippen molar-refractivity contribution in [3.63, 3.8) is 0 Å². The Morgan fingerprint density at radius 1 is 1.00 bits per heavy atom. The molecule has 3 rings (SSSR count). The molecule has 2 aromatic carbocycles. The van der Waals surface area contributed by atoms with E-state index in [1.807, 2.05) is 42.5 Å². The zero-order chi connectivity index (χ0) is 11.1. The maximum Gasteiger partial charge on any atom is 0.0868 e. The zero-order valence-corrected chi connectivity index (χ0v) is 9.46. The van der Waals surface area contributed by atoms with E-state index in [9.17, 15) is 4.21 Å². The largest absolute Gasteiger partial charge is 0.249 e. The van der Waals surface area contributed by atoms with Crippen molar-refractivity contribution in [3.05, 3.63) is 54.6 Å². The van der Waals surface area contributed by atoms with Gasteiger partial charge in [0.1, 0.15) is 0 Å². The average Bonchev–Trinajstić information content (AvgIpc) is 2.64. The van der Waals surface area contributed by atoms with Crippen LogP contribution in [0, 0.1) is 0 Å². The van der Waals surface area contributed by atoms with E-state index >= 15 is 0 Å². The fourth-order valence-electron chi connectivity index (χ4n) is 2.10. The van der Waals surface area contributed by atoms with Crippen LogP contribution in [0.4, 0.5) is 0 Å². The molecule has 1 aliphatic rings. The maximum absolute atomic E-state index is 12.3. The molecule has 1 unspecified atom stereocenters. The summed E-state index contributed by atoms with van der Waals surface area (Å²) in [5.41, 5.74) is 3.12. The minimum absolute atomic E-state index is 0.902. The van der Waals surface area contributed by atoms with Crippen LogP contribution in [0.5, 0.6) is 0 Å². The van der Waals surface area contributed by atoms with Crippen molar-refractivity contribution in [1.29, 1.82) is 0 Å². The first-order valence-electron chi connectivity index (χ1n) is 5.09. The molecule has 1 heterocycles. The second kappa shape index (κ2) is 3.42. The van der Waals surface area contributed by atoms with Gasteiger partial charge in [0.05, 0.1) is 20.6 Å². The lowest BCUT2D eigenvalue weighted by Gasteiger charge is -2.01. The Balaban J connectivity index is 2.41. The number of hydrogen-bond acceptors (Lipinski definition) is 1. The molecule has 0 N–H and O–H groups in total. The number of fused-ring (bicyclic) bond motifs is 3. The Hall–Kier alpha value is -1.67. The summed E-state index contributed by atoms with van der Waals surface area (Å²) in [6, 6.07) is 13.8. The van der Waals surface area contributed by atoms with Crippen LogP contribution >= 0.6 is 0 Å². The third-order valence-electron chi connectivity index (χ3n) is 2.83. The lowest BCUT2D eigenvalue weighted by Crippen LogP contribution is -1.89. The first-order chi connectivity index (χ1) is 7.83. The molecule has 0 saturated carbocycles. The van der Waals surface area contributed by atoms with Crippen molar-refractivity contribution in [3.8, 4) is 11.1 Å². The molecule has 0 radical (unpaired) electrons. The normalized spacial score (nSPS) is 16.6. The van der Waals surface area contributed by atoms with Crippen molar-refractivity contribution in [1.82, 2.24) is 0 Å². The van der Waals surface area contributed by atoms with Crippen molar-refractivity contribution in [2.24, 2.45) is 0 Å². The van der Waals surface area contributed by atoms with Crippen LogP contribution in [0.2, 0.25) is 0 Å². The lowest BCUT2D eigenvalue weighted by molar-refractivity contribution is 0.685. The summed E-state index contributed by atoms with van der Waals surface area (Å²) in [5.74, 6) is 0. The molecule has 2 aromatic rings. The Morgan fingerprint density at radius 2 is 1.75 bits per heavy atom. The quantitative estimate of drug-likeness (QED) is 0.621. The fourth-order valence-corrected chi connectivity index (χ4v) is 3.64. The lowest BCUT2D eigenvalue weighted by atomic mass is 10.0. The Kier molecular flexibility index (Phi) is 2.04. The van der Waals surface area contributed by atoms with Gasteiger partial charge >= 0.3 is 0 Å². The minimum Gasteiger partial charge on any atom is -0.249 e. The highest BCUT2D eigenvalue weighted by molar-refractivity contribution is 7.85. The van der Waals surface area contributed by atoms with Gasteiger partial charge in [-0.1, -0.05) is 49.1 Å². The van der Waals surface area contributed by atoms with Gasteiger partial charge in [0.25, 0.3) is 0 Å². The summed E-state index contributed by atoms with van der Waals surface area (Å²) in [5, 5.41) is 0. The van der Waals surface area contributed by atoms with E-state index in [1.54, 1.807) is 6.08 Å². The summed E-state index contributed by atoms with van der Waals surface area (Å²) < 4.78 is 12.3. The van der Waals surface area contributed by atoms with Gasteiger partial charge in [-0.2, -0.15) is 0 Å². The van der Waals surface area contributed by atoms with E-state index in [0.717, 1.165) is 26.5 Å². The van der Waals surface area contributed by atoms with Gasteiger partial charge in [-0.3, -0.25) is 0 Å². The Labute approximate surface area is 96.9 Å². The van der Waals surface area contributed by atoms with Gasteiger partial charge in [0.2, 0.25) is 0 Å². The average molecular weight is 226 g/mol.